The highest BCUT2D eigenvalue weighted by molar-refractivity contribution is 5.97. The molecule has 1 aliphatic heterocycles. The number of carbonyl (C=O) groups excluding carboxylic acids is 2. The number of urea groups is 1. The maximum Gasteiger partial charge on any atom is 0.319 e. The van der Waals surface area contributed by atoms with Gasteiger partial charge >= 0.3 is 6.03 Å². The Hall–Kier alpha value is -1.32. The van der Waals surface area contributed by atoms with Crippen molar-refractivity contribution >= 4 is 11.8 Å². The summed E-state index contributed by atoms with van der Waals surface area (Å²) < 4.78 is 0. The number of rotatable bonds is 1. The first-order valence-corrected chi connectivity index (χ1v) is 3.81. The fourth-order valence-corrected chi connectivity index (χ4v) is 1.44. The first-order chi connectivity index (χ1) is 5.52. The summed E-state index contributed by atoms with van der Waals surface area (Å²) in [7, 11) is 0. The van der Waals surface area contributed by atoms with E-state index in [2.05, 4.69) is 10.6 Å². The number of ketones is 1. The lowest BCUT2D eigenvalue weighted by Gasteiger charge is -2.24. The van der Waals surface area contributed by atoms with Crippen molar-refractivity contribution in [1.29, 1.82) is 0 Å². The van der Waals surface area contributed by atoms with Gasteiger partial charge in [-0.2, -0.15) is 0 Å². The van der Waals surface area contributed by atoms with Gasteiger partial charge < -0.3 is 10.6 Å². The second-order valence-corrected chi connectivity index (χ2v) is 2.92. The van der Waals surface area contributed by atoms with Gasteiger partial charge in [0.05, 0.1) is 6.04 Å². The zero-order valence-corrected chi connectivity index (χ0v) is 7.39. The molecule has 0 radical (unpaired) electrons. The zero-order valence-electron chi connectivity index (χ0n) is 7.39. The number of amides is 2. The second-order valence-electron chi connectivity index (χ2n) is 2.92. The predicted molar refractivity (Wildman–Crippen MR) is 44.5 cm³/mol. The minimum absolute atomic E-state index is 0.00694. The first kappa shape index (κ1) is 8.77. The van der Waals surface area contributed by atoms with Gasteiger partial charge in [0.2, 0.25) is 0 Å². The van der Waals surface area contributed by atoms with Crippen LogP contribution in [0.1, 0.15) is 20.8 Å². The maximum absolute atomic E-state index is 11.1. The van der Waals surface area contributed by atoms with Gasteiger partial charge in [0.1, 0.15) is 0 Å². The van der Waals surface area contributed by atoms with Crippen LogP contribution in [0, 0.1) is 0 Å². The van der Waals surface area contributed by atoms with Gasteiger partial charge in [-0.3, -0.25) is 4.79 Å². The van der Waals surface area contributed by atoms with Crippen LogP contribution in [0.3, 0.4) is 0 Å². The van der Waals surface area contributed by atoms with Gasteiger partial charge in [-0.25, -0.2) is 4.79 Å². The molecule has 12 heavy (non-hydrogen) atoms. The largest absolute Gasteiger partial charge is 0.331 e. The highest BCUT2D eigenvalue weighted by Crippen LogP contribution is 2.11. The number of nitrogens with one attached hydrogen (secondary N) is 2. The van der Waals surface area contributed by atoms with Crippen molar-refractivity contribution in [3.8, 4) is 0 Å². The molecule has 2 amide bonds. The number of Topliss-reactive ketones (excluding diaryl/α,β-unsaturated/α-hetero) is 1. The molecule has 4 nitrogen and oxygen atoms in total. The Bertz CT molecular complexity index is 268. The average molecular weight is 168 g/mol. The molecule has 1 rings (SSSR count). The third-order valence-electron chi connectivity index (χ3n) is 1.86. The molecule has 66 valence electrons. The molecule has 2 N–H and O–H groups in total. The van der Waals surface area contributed by atoms with Crippen molar-refractivity contribution in [2.24, 2.45) is 0 Å². The van der Waals surface area contributed by atoms with Gasteiger partial charge in [0.15, 0.2) is 5.78 Å². The topological polar surface area (TPSA) is 58.2 Å². The van der Waals surface area contributed by atoms with Gasteiger partial charge in [-0.15, -0.1) is 0 Å². The molecule has 4 heteroatoms. The van der Waals surface area contributed by atoms with Crippen LogP contribution >= 0.6 is 0 Å². The molecule has 0 unspecified atom stereocenters. The van der Waals surface area contributed by atoms with Crippen LogP contribution in [0.15, 0.2) is 11.3 Å². The van der Waals surface area contributed by atoms with E-state index in [0.29, 0.717) is 11.3 Å². The van der Waals surface area contributed by atoms with Crippen molar-refractivity contribution in [2.45, 2.75) is 26.8 Å². The standard InChI is InChI=1S/C8H12N2O2/c1-4-7(6(3)11)5(2)10-8(12)9-4/h4H,1-3H3,(H2,9,10,12)/t4-/m1/s1. The molecule has 1 heterocycles. The van der Waals surface area contributed by atoms with E-state index in [1.807, 2.05) is 0 Å². The summed E-state index contributed by atoms with van der Waals surface area (Å²) in [5.74, 6) is -0.00694. The Kier molecular flexibility index (Phi) is 2.17. The molecule has 0 aromatic rings. The summed E-state index contributed by atoms with van der Waals surface area (Å²) >= 11 is 0. The van der Waals surface area contributed by atoms with Gasteiger partial charge in [-0.1, -0.05) is 0 Å². The van der Waals surface area contributed by atoms with E-state index in [-0.39, 0.29) is 17.9 Å². The molecule has 0 fully saturated rings. The first-order valence-electron chi connectivity index (χ1n) is 3.81. The number of hydrogen-bond donors (Lipinski definition) is 2. The van der Waals surface area contributed by atoms with E-state index in [9.17, 15) is 9.59 Å². The fourth-order valence-electron chi connectivity index (χ4n) is 1.44. The van der Waals surface area contributed by atoms with Gasteiger partial charge in [0, 0.05) is 11.3 Å². The molecular weight excluding hydrogens is 156 g/mol. The number of allylic oxidation sites excluding steroid dienone is 1. The summed E-state index contributed by atoms with van der Waals surface area (Å²) in [4.78, 5) is 22.0. The lowest BCUT2D eigenvalue weighted by molar-refractivity contribution is -0.114. The van der Waals surface area contributed by atoms with E-state index < -0.39 is 0 Å². The molecule has 1 atom stereocenters. The van der Waals surface area contributed by atoms with E-state index in [1.54, 1.807) is 13.8 Å². The van der Waals surface area contributed by atoms with Crippen LogP contribution in [-0.4, -0.2) is 17.9 Å². The Morgan fingerprint density at radius 2 is 2.08 bits per heavy atom. The van der Waals surface area contributed by atoms with E-state index >= 15 is 0 Å². The summed E-state index contributed by atoms with van der Waals surface area (Å²) in [5.41, 5.74) is 1.30. The summed E-state index contributed by atoms with van der Waals surface area (Å²) in [6.07, 6.45) is 0. The van der Waals surface area contributed by atoms with Crippen LogP contribution in [0.5, 0.6) is 0 Å². The summed E-state index contributed by atoms with van der Waals surface area (Å²) in [6.45, 7) is 5.01. The van der Waals surface area contributed by atoms with Crippen molar-refractivity contribution < 1.29 is 9.59 Å². The van der Waals surface area contributed by atoms with Crippen LogP contribution in [0.4, 0.5) is 4.79 Å². The Labute approximate surface area is 71.0 Å². The lowest BCUT2D eigenvalue weighted by Crippen LogP contribution is -2.47. The van der Waals surface area contributed by atoms with Gasteiger partial charge in [0.25, 0.3) is 0 Å². The zero-order chi connectivity index (χ0) is 9.30. The van der Waals surface area contributed by atoms with Crippen LogP contribution in [0.2, 0.25) is 0 Å². The molecule has 1 aliphatic rings. The normalized spacial score (nSPS) is 23.2. The predicted octanol–water partition coefficient (Wildman–Crippen LogP) is 0.551. The highest BCUT2D eigenvalue weighted by atomic mass is 16.2. The number of carbonyl (C=O) groups is 2. The van der Waals surface area contributed by atoms with Crippen molar-refractivity contribution in [1.82, 2.24) is 10.6 Å². The minimum Gasteiger partial charge on any atom is -0.331 e. The van der Waals surface area contributed by atoms with Gasteiger partial charge in [-0.05, 0) is 20.8 Å². The van der Waals surface area contributed by atoms with E-state index in [1.165, 1.54) is 6.92 Å². The van der Waals surface area contributed by atoms with Crippen LogP contribution in [-0.2, 0) is 4.79 Å². The molecule has 0 bridgehead atoms. The third-order valence-corrected chi connectivity index (χ3v) is 1.86. The molecule has 0 spiro atoms. The van der Waals surface area contributed by atoms with Crippen LogP contribution in [0.25, 0.3) is 0 Å². The quantitative estimate of drug-likeness (QED) is 0.600. The third kappa shape index (κ3) is 1.47. The molecule has 0 saturated heterocycles. The van der Waals surface area contributed by atoms with E-state index in [0.717, 1.165) is 0 Å². The highest BCUT2D eigenvalue weighted by Gasteiger charge is 2.23. The smallest absolute Gasteiger partial charge is 0.319 e. The lowest BCUT2D eigenvalue weighted by atomic mass is 10.0. The minimum atomic E-state index is -0.245. The fraction of sp³-hybridized carbons (Fsp3) is 0.500. The monoisotopic (exact) mass is 168 g/mol. The molecule has 0 aromatic carbocycles. The molecule has 0 aromatic heterocycles. The molecular formula is C8H12N2O2. The summed E-state index contributed by atoms with van der Waals surface area (Å²) in [6, 6.07) is -0.429. The molecule has 0 saturated carbocycles. The van der Waals surface area contributed by atoms with Crippen molar-refractivity contribution in [2.75, 3.05) is 0 Å². The summed E-state index contributed by atoms with van der Waals surface area (Å²) in [5, 5.41) is 5.16. The molecule has 0 aliphatic carbocycles. The SMILES string of the molecule is CC(=O)C1=C(C)NC(=O)N[C@@H]1C. The van der Waals surface area contributed by atoms with Crippen molar-refractivity contribution in [3.63, 3.8) is 0 Å². The van der Waals surface area contributed by atoms with E-state index in [4.69, 9.17) is 0 Å². The number of hydrogen-bond acceptors (Lipinski definition) is 2. The Morgan fingerprint density at radius 1 is 1.50 bits per heavy atom. The van der Waals surface area contributed by atoms with Crippen molar-refractivity contribution in [3.05, 3.63) is 11.3 Å². The average Bonchev–Trinajstić information content (AvgIpc) is 1.82. The van der Waals surface area contributed by atoms with Crippen LogP contribution < -0.4 is 10.6 Å². The maximum atomic E-state index is 11.1. The Morgan fingerprint density at radius 3 is 2.50 bits per heavy atom. The second kappa shape index (κ2) is 2.97. The Balaban J connectivity index is 3.01.